The highest BCUT2D eigenvalue weighted by Gasteiger charge is 2.27. The van der Waals surface area contributed by atoms with Crippen LogP contribution in [0.15, 0.2) is 29.4 Å². The van der Waals surface area contributed by atoms with Gasteiger partial charge < -0.3 is 4.57 Å². The minimum absolute atomic E-state index is 0.135. The van der Waals surface area contributed by atoms with Crippen LogP contribution in [0, 0.1) is 0 Å². The minimum atomic E-state index is -0.135. The van der Waals surface area contributed by atoms with E-state index in [4.69, 9.17) is 11.6 Å². The van der Waals surface area contributed by atoms with E-state index in [0.717, 1.165) is 16.4 Å². The van der Waals surface area contributed by atoms with Crippen molar-refractivity contribution in [3.8, 4) is 11.4 Å². The van der Waals surface area contributed by atoms with Crippen LogP contribution in [0.3, 0.4) is 0 Å². The first-order valence-electron chi connectivity index (χ1n) is 8.01. The molecule has 0 unspecified atom stereocenters. The van der Waals surface area contributed by atoms with Crippen LogP contribution in [0.5, 0.6) is 0 Å². The van der Waals surface area contributed by atoms with E-state index in [1.165, 1.54) is 35.9 Å². The summed E-state index contributed by atoms with van der Waals surface area (Å²) >= 11 is 8.70. The summed E-state index contributed by atoms with van der Waals surface area (Å²) in [4.78, 5) is 12.1. The summed E-state index contributed by atoms with van der Waals surface area (Å²) in [5.74, 6) is 1.36. The van der Waals surface area contributed by atoms with Gasteiger partial charge in [-0.25, -0.2) is 0 Å². The van der Waals surface area contributed by atoms with E-state index in [9.17, 15) is 4.79 Å². The number of carbonyl (C=O) groups excluding carboxylic acids is 1. The van der Waals surface area contributed by atoms with Crippen molar-refractivity contribution in [2.45, 2.75) is 23.9 Å². The van der Waals surface area contributed by atoms with Gasteiger partial charge in [-0.3, -0.25) is 10.1 Å². The standard InChI is InChI=1S/C16H15ClN6OS2/c1-23-13(9-4-6-11(17)7-5-9)19-22-16(23)25-8-12(24)18-15-21-20-14(26-15)10-2-3-10/h4-7,10H,2-3,8H2,1H3,(H,18,21,24). The Morgan fingerprint density at radius 1 is 1.27 bits per heavy atom. The number of hydrogen-bond donors (Lipinski definition) is 1. The summed E-state index contributed by atoms with van der Waals surface area (Å²) in [7, 11) is 1.87. The molecule has 0 saturated heterocycles. The van der Waals surface area contributed by atoms with Crippen molar-refractivity contribution in [3.05, 3.63) is 34.3 Å². The SMILES string of the molecule is Cn1c(SCC(=O)Nc2nnc(C3CC3)s2)nnc1-c1ccc(Cl)cc1. The zero-order valence-corrected chi connectivity index (χ0v) is 16.2. The first-order chi connectivity index (χ1) is 12.6. The summed E-state index contributed by atoms with van der Waals surface area (Å²) < 4.78 is 1.86. The molecule has 134 valence electrons. The number of rotatable bonds is 6. The third-order valence-corrected chi connectivity index (χ3v) is 6.16. The number of thioether (sulfide) groups is 1. The molecule has 2 aromatic heterocycles. The Morgan fingerprint density at radius 2 is 2.04 bits per heavy atom. The summed E-state index contributed by atoms with van der Waals surface area (Å²) in [5.41, 5.74) is 0.919. The monoisotopic (exact) mass is 406 g/mol. The van der Waals surface area contributed by atoms with E-state index in [1.807, 2.05) is 35.9 Å². The lowest BCUT2D eigenvalue weighted by Crippen LogP contribution is -2.14. The maximum Gasteiger partial charge on any atom is 0.236 e. The van der Waals surface area contributed by atoms with Gasteiger partial charge >= 0.3 is 0 Å². The number of hydrogen-bond acceptors (Lipinski definition) is 7. The average Bonchev–Trinajstić information content (AvgIpc) is 3.27. The van der Waals surface area contributed by atoms with Gasteiger partial charge in [0, 0.05) is 23.6 Å². The highest BCUT2D eigenvalue weighted by molar-refractivity contribution is 7.99. The van der Waals surface area contributed by atoms with Gasteiger partial charge in [0.05, 0.1) is 5.75 Å². The molecule has 1 N–H and O–H groups in total. The topological polar surface area (TPSA) is 85.6 Å². The Bertz CT molecular complexity index is 935. The minimum Gasteiger partial charge on any atom is -0.305 e. The molecule has 1 aliphatic rings. The lowest BCUT2D eigenvalue weighted by Gasteiger charge is -2.04. The number of nitrogens with one attached hydrogen (secondary N) is 1. The zero-order chi connectivity index (χ0) is 18.1. The van der Waals surface area contributed by atoms with Crippen LogP contribution in [0.1, 0.15) is 23.8 Å². The van der Waals surface area contributed by atoms with Gasteiger partial charge in [-0.2, -0.15) is 0 Å². The number of benzene rings is 1. The Labute approximate surface area is 163 Å². The molecule has 7 nitrogen and oxygen atoms in total. The molecular formula is C16H15ClN6OS2. The largest absolute Gasteiger partial charge is 0.305 e. The smallest absolute Gasteiger partial charge is 0.236 e. The van der Waals surface area contributed by atoms with Crippen molar-refractivity contribution in [1.29, 1.82) is 0 Å². The fraction of sp³-hybridized carbons (Fsp3) is 0.312. The van der Waals surface area contributed by atoms with Crippen LogP contribution in [0.25, 0.3) is 11.4 Å². The van der Waals surface area contributed by atoms with Crippen LogP contribution in [0.2, 0.25) is 5.02 Å². The second-order valence-electron chi connectivity index (χ2n) is 5.93. The Kier molecular flexibility index (Phi) is 4.92. The average molecular weight is 407 g/mol. The maximum atomic E-state index is 12.1. The van der Waals surface area contributed by atoms with E-state index in [-0.39, 0.29) is 11.7 Å². The first-order valence-corrected chi connectivity index (χ1v) is 10.2. The van der Waals surface area contributed by atoms with Crippen LogP contribution >= 0.6 is 34.7 Å². The van der Waals surface area contributed by atoms with Crippen molar-refractivity contribution in [2.75, 3.05) is 11.1 Å². The van der Waals surface area contributed by atoms with E-state index in [0.29, 0.717) is 21.2 Å². The molecule has 4 rings (SSSR count). The summed E-state index contributed by atoms with van der Waals surface area (Å²) in [6.45, 7) is 0. The number of aromatic nitrogens is 5. The number of carbonyl (C=O) groups is 1. The third-order valence-electron chi connectivity index (χ3n) is 3.88. The molecule has 10 heteroatoms. The maximum absolute atomic E-state index is 12.1. The van der Waals surface area contributed by atoms with Crippen LogP contribution in [-0.4, -0.2) is 36.6 Å². The van der Waals surface area contributed by atoms with Crippen LogP contribution in [-0.2, 0) is 11.8 Å². The zero-order valence-electron chi connectivity index (χ0n) is 13.8. The van der Waals surface area contributed by atoms with Gasteiger partial charge in [-0.05, 0) is 37.1 Å². The van der Waals surface area contributed by atoms with Gasteiger partial charge in [-0.15, -0.1) is 20.4 Å². The quantitative estimate of drug-likeness (QED) is 0.629. The Hall–Kier alpha value is -1.97. The highest BCUT2D eigenvalue weighted by atomic mass is 35.5. The fourth-order valence-electron chi connectivity index (χ4n) is 2.36. The van der Waals surface area contributed by atoms with Crippen molar-refractivity contribution in [2.24, 2.45) is 7.05 Å². The highest BCUT2D eigenvalue weighted by Crippen LogP contribution is 2.42. The van der Waals surface area contributed by atoms with Crippen molar-refractivity contribution < 1.29 is 4.79 Å². The first kappa shape index (κ1) is 17.4. The predicted octanol–water partition coefficient (Wildman–Crippen LogP) is 3.60. The second-order valence-corrected chi connectivity index (χ2v) is 8.32. The molecule has 1 aromatic carbocycles. The molecule has 1 amide bonds. The van der Waals surface area contributed by atoms with Gasteiger partial charge in [0.1, 0.15) is 5.01 Å². The van der Waals surface area contributed by atoms with Crippen molar-refractivity contribution >= 4 is 45.7 Å². The molecule has 0 bridgehead atoms. The molecule has 1 aliphatic carbocycles. The molecule has 0 spiro atoms. The van der Waals surface area contributed by atoms with E-state index < -0.39 is 0 Å². The lowest BCUT2D eigenvalue weighted by atomic mass is 10.2. The number of amides is 1. The van der Waals surface area contributed by atoms with Crippen molar-refractivity contribution in [1.82, 2.24) is 25.0 Å². The van der Waals surface area contributed by atoms with E-state index in [2.05, 4.69) is 25.7 Å². The number of halogens is 1. The molecule has 0 aliphatic heterocycles. The summed E-state index contributed by atoms with van der Waals surface area (Å²) in [5, 5.41) is 22.2. The molecule has 1 fully saturated rings. The normalized spacial score (nSPS) is 13.8. The van der Waals surface area contributed by atoms with Crippen molar-refractivity contribution in [3.63, 3.8) is 0 Å². The van der Waals surface area contributed by atoms with Gasteiger partial charge in [-0.1, -0.05) is 34.7 Å². The molecule has 2 heterocycles. The van der Waals surface area contributed by atoms with E-state index in [1.54, 1.807) is 0 Å². The third kappa shape index (κ3) is 3.89. The molecule has 26 heavy (non-hydrogen) atoms. The molecule has 3 aromatic rings. The van der Waals surface area contributed by atoms with E-state index >= 15 is 0 Å². The fourth-order valence-corrected chi connectivity index (χ4v) is 4.12. The second kappa shape index (κ2) is 7.34. The molecule has 0 radical (unpaired) electrons. The van der Waals surface area contributed by atoms with Gasteiger partial charge in [0.25, 0.3) is 0 Å². The molecule has 1 saturated carbocycles. The molecule has 0 atom stereocenters. The Morgan fingerprint density at radius 3 is 2.77 bits per heavy atom. The summed E-state index contributed by atoms with van der Waals surface area (Å²) in [6, 6.07) is 7.40. The number of nitrogens with zero attached hydrogens (tertiary/aromatic N) is 5. The van der Waals surface area contributed by atoms with Gasteiger partial charge in [0.15, 0.2) is 11.0 Å². The lowest BCUT2D eigenvalue weighted by molar-refractivity contribution is -0.113. The van der Waals surface area contributed by atoms with Crippen LogP contribution < -0.4 is 5.32 Å². The number of anilines is 1. The van der Waals surface area contributed by atoms with Crippen LogP contribution in [0.4, 0.5) is 5.13 Å². The molecular weight excluding hydrogens is 392 g/mol. The predicted molar refractivity (Wildman–Crippen MR) is 103 cm³/mol. The van der Waals surface area contributed by atoms with Gasteiger partial charge in [0.2, 0.25) is 11.0 Å². The Balaban J connectivity index is 1.36. The summed E-state index contributed by atoms with van der Waals surface area (Å²) in [6.07, 6.45) is 2.33.